The number of ether oxygens (including phenoxy) is 14. The van der Waals surface area contributed by atoms with E-state index >= 15 is 0 Å². The molecule has 1 aromatic carbocycles. The molecule has 0 atom stereocenters. The monoisotopic (exact) mass is 972 g/mol. The number of aryl methyl sites for hydroxylation is 1. The van der Waals surface area contributed by atoms with Gasteiger partial charge in [0.25, 0.3) is 0 Å². The summed E-state index contributed by atoms with van der Waals surface area (Å²) >= 11 is 0. The van der Waals surface area contributed by atoms with Crippen LogP contribution in [0.1, 0.15) is 18.4 Å². The summed E-state index contributed by atoms with van der Waals surface area (Å²) in [7, 11) is -8.38. The fraction of sp³-hybridized carbons (Fsp3) is 0.838. The average molecular weight is 973 g/mol. The van der Waals surface area contributed by atoms with Crippen LogP contribution in [-0.2, 0) is 77.1 Å². The van der Waals surface area contributed by atoms with E-state index in [0.717, 1.165) is 5.56 Å². The molecule has 348 valence electrons. The topological polar surface area (TPSA) is 244 Å². The van der Waals surface area contributed by atoms with Crippen molar-refractivity contribution < 1.29 is 195 Å². The van der Waals surface area contributed by atoms with Gasteiger partial charge in [-0.05, 0) is 37.5 Å². The predicted octanol–water partition coefficient (Wildman–Crippen LogP) is -5.17. The first-order valence-electron chi connectivity index (χ1n) is 19.7. The summed E-state index contributed by atoms with van der Waals surface area (Å²) in [5.74, 6) is 0.400. The Morgan fingerprint density at radius 1 is 0.361 bits per heavy atom. The number of hydrogen-bond acceptors (Lipinski definition) is 20. The average Bonchev–Trinajstić information content (AvgIpc) is 3.18. The van der Waals surface area contributed by atoms with Crippen molar-refractivity contribution in [2.24, 2.45) is 0 Å². The Bertz CT molecular complexity index is 1320. The SMILES string of the molecule is Cc1ccc(OCCOCCOCCOCCOCCOCCOCCCS(=O)(=O)[O-])c(OCCOCCOCCOCCOCCOCCOCCCS(=O)(=O)[O-])c1.[K+].[K+]. The Balaban J connectivity index is 0. The van der Waals surface area contributed by atoms with Crippen molar-refractivity contribution in [1.82, 2.24) is 0 Å². The molecular formula is C37H66K2O20S2. The molecule has 0 heterocycles. The van der Waals surface area contributed by atoms with Crippen LogP contribution in [-0.4, -0.2) is 209 Å². The first kappa shape index (κ1) is 64.5. The third-order valence-electron chi connectivity index (χ3n) is 7.16. The summed E-state index contributed by atoms with van der Waals surface area (Å²) in [4.78, 5) is 0. The van der Waals surface area contributed by atoms with Gasteiger partial charge in [0.2, 0.25) is 0 Å². The maximum absolute atomic E-state index is 10.5. The third kappa shape index (κ3) is 49.2. The molecular weight excluding hydrogens is 907 g/mol. The Morgan fingerprint density at radius 2 is 0.590 bits per heavy atom. The van der Waals surface area contributed by atoms with E-state index in [4.69, 9.17) is 66.3 Å². The zero-order valence-corrected chi connectivity index (χ0v) is 44.3. The zero-order valence-electron chi connectivity index (χ0n) is 36.4. The summed E-state index contributed by atoms with van der Waals surface area (Å²) in [6.45, 7) is 12.0. The van der Waals surface area contributed by atoms with E-state index in [1.54, 1.807) is 0 Å². The largest absolute Gasteiger partial charge is 1.00 e. The van der Waals surface area contributed by atoms with Crippen LogP contribution in [0, 0.1) is 6.92 Å². The molecule has 61 heavy (non-hydrogen) atoms. The maximum Gasteiger partial charge on any atom is 1.00 e. The van der Waals surface area contributed by atoms with Crippen LogP contribution < -0.4 is 112 Å². The van der Waals surface area contributed by atoms with Gasteiger partial charge in [-0.2, -0.15) is 0 Å². The van der Waals surface area contributed by atoms with Crippen molar-refractivity contribution in [2.45, 2.75) is 19.8 Å². The molecule has 24 heteroatoms. The minimum Gasteiger partial charge on any atom is -0.748 e. The molecule has 0 aliphatic heterocycles. The molecule has 0 amide bonds. The molecule has 0 spiro atoms. The number of benzene rings is 1. The Labute approximate surface area is 447 Å². The van der Waals surface area contributed by atoms with E-state index in [9.17, 15) is 25.9 Å². The molecule has 0 saturated carbocycles. The molecule has 1 aromatic rings. The van der Waals surface area contributed by atoms with Crippen LogP contribution in [0.2, 0.25) is 0 Å². The third-order valence-corrected chi connectivity index (χ3v) is 8.73. The molecule has 1 rings (SSSR count). The van der Waals surface area contributed by atoms with Crippen molar-refractivity contribution in [3.8, 4) is 11.5 Å². The van der Waals surface area contributed by atoms with Crippen molar-refractivity contribution in [3.05, 3.63) is 23.8 Å². The van der Waals surface area contributed by atoms with Gasteiger partial charge in [0.1, 0.15) is 13.2 Å². The van der Waals surface area contributed by atoms with Crippen LogP contribution in [0.25, 0.3) is 0 Å². The first-order chi connectivity index (χ1) is 28.6. The molecule has 0 aromatic heterocycles. The normalized spacial score (nSPS) is 11.7. The Hall–Kier alpha value is 1.43. The van der Waals surface area contributed by atoms with Gasteiger partial charge in [-0.25, -0.2) is 16.8 Å². The molecule has 0 saturated heterocycles. The van der Waals surface area contributed by atoms with Gasteiger partial charge in [0.15, 0.2) is 11.5 Å². The van der Waals surface area contributed by atoms with Gasteiger partial charge in [-0.1, -0.05) is 6.07 Å². The van der Waals surface area contributed by atoms with E-state index < -0.39 is 31.7 Å². The number of rotatable bonds is 46. The van der Waals surface area contributed by atoms with E-state index in [0.29, 0.717) is 170 Å². The minimum absolute atomic E-state index is 0. The van der Waals surface area contributed by atoms with Crippen LogP contribution in [0.3, 0.4) is 0 Å². The van der Waals surface area contributed by atoms with E-state index in [1.165, 1.54) is 0 Å². The van der Waals surface area contributed by atoms with Gasteiger partial charge in [-0.3, -0.25) is 0 Å². The Morgan fingerprint density at radius 3 is 0.852 bits per heavy atom. The molecule has 0 aliphatic rings. The van der Waals surface area contributed by atoms with Gasteiger partial charge in [0, 0.05) is 24.7 Å². The van der Waals surface area contributed by atoms with Gasteiger partial charge in [-0.15, -0.1) is 0 Å². The summed E-state index contributed by atoms with van der Waals surface area (Å²) in [6.07, 6.45) is 0.344. The second kappa shape index (κ2) is 46.5. The molecule has 0 radical (unpaired) electrons. The maximum atomic E-state index is 10.5. The molecule has 0 N–H and O–H groups in total. The van der Waals surface area contributed by atoms with Crippen LogP contribution >= 0.6 is 0 Å². The van der Waals surface area contributed by atoms with Crippen LogP contribution in [0.15, 0.2) is 18.2 Å². The van der Waals surface area contributed by atoms with E-state index in [-0.39, 0.29) is 129 Å². The first-order valence-corrected chi connectivity index (χ1v) is 22.9. The van der Waals surface area contributed by atoms with Crippen molar-refractivity contribution in [3.63, 3.8) is 0 Å². The van der Waals surface area contributed by atoms with E-state index in [1.807, 2.05) is 25.1 Å². The molecule has 0 fully saturated rings. The van der Waals surface area contributed by atoms with E-state index in [2.05, 4.69) is 0 Å². The van der Waals surface area contributed by atoms with Crippen molar-refractivity contribution >= 4 is 20.2 Å². The second-order valence-corrected chi connectivity index (χ2v) is 15.3. The number of hydrogen-bond donors (Lipinski definition) is 0. The van der Waals surface area contributed by atoms with Gasteiger partial charge < -0.3 is 75.4 Å². The predicted molar refractivity (Wildman–Crippen MR) is 210 cm³/mol. The summed E-state index contributed by atoms with van der Waals surface area (Å²) < 4.78 is 140. The zero-order chi connectivity index (χ0) is 43.0. The van der Waals surface area contributed by atoms with Crippen LogP contribution in [0.4, 0.5) is 0 Å². The smallest absolute Gasteiger partial charge is 0.748 e. The fourth-order valence-corrected chi connectivity index (χ4v) is 5.29. The molecule has 0 bridgehead atoms. The minimum atomic E-state index is -4.19. The standard InChI is InChI=1S/C37H68O20S2.2K/c1-35-4-5-36(56-30-28-54-26-24-52-22-20-50-18-16-48-14-12-46-10-8-44-6-2-32-58(38,39)40)37(34-35)57-31-29-55-27-25-53-23-21-51-19-17-49-15-13-47-11-9-45-7-3-33-59(41,42)43;;/h4-5,34H,2-3,6-33H2,1H3,(H,38,39,40)(H,41,42,43);;/q;2*+1/p-2. The van der Waals surface area contributed by atoms with Gasteiger partial charge in [0.05, 0.1) is 166 Å². The summed E-state index contributed by atoms with van der Waals surface area (Å²) in [6, 6.07) is 5.73. The fourth-order valence-electron chi connectivity index (χ4n) is 4.35. The Kier molecular flexibility index (Phi) is 49.2. The summed E-state index contributed by atoms with van der Waals surface area (Å²) in [5, 5.41) is 0. The molecule has 20 nitrogen and oxygen atoms in total. The van der Waals surface area contributed by atoms with Gasteiger partial charge >= 0.3 is 103 Å². The van der Waals surface area contributed by atoms with Crippen molar-refractivity contribution in [1.29, 1.82) is 0 Å². The molecule has 0 aliphatic carbocycles. The second-order valence-electron chi connectivity index (χ2n) is 12.2. The van der Waals surface area contributed by atoms with Crippen molar-refractivity contribution in [2.75, 3.05) is 183 Å². The summed E-state index contributed by atoms with van der Waals surface area (Å²) in [5.41, 5.74) is 1.04. The molecule has 0 unspecified atom stereocenters. The van der Waals surface area contributed by atoms with Crippen LogP contribution in [0.5, 0.6) is 11.5 Å². The quantitative estimate of drug-likeness (QED) is 0.0337.